The zero-order chi connectivity index (χ0) is 33.5. The molecule has 5 rings (SSSR count). The second-order valence-corrected chi connectivity index (χ2v) is 13.9. The van der Waals surface area contributed by atoms with E-state index in [1.807, 2.05) is 6.07 Å². The van der Waals surface area contributed by atoms with Gasteiger partial charge < -0.3 is 20.7 Å². The van der Waals surface area contributed by atoms with Gasteiger partial charge in [0.2, 0.25) is 5.91 Å². The number of esters is 1. The van der Waals surface area contributed by atoms with E-state index < -0.39 is 17.8 Å². The number of carbonyl (C=O) groups excluding carboxylic acids is 4. The summed E-state index contributed by atoms with van der Waals surface area (Å²) >= 11 is 15.1. The number of anilines is 2. The monoisotopic (exact) mass is 707 g/mol. The lowest BCUT2D eigenvalue weighted by molar-refractivity contribution is -0.114. The molecule has 3 N–H and O–H groups in total. The second-order valence-electron chi connectivity index (χ2n) is 10.9. The van der Waals surface area contributed by atoms with Crippen molar-refractivity contribution in [2.75, 3.05) is 23.5 Å². The Morgan fingerprint density at radius 1 is 1.00 bits per heavy atom. The fraction of sp³-hybridized carbons (Fsp3) is 0.200. The molecule has 3 aromatic carbocycles. The molecule has 12 heteroatoms. The first-order chi connectivity index (χ1) is 22.6. The maximum absolute atomic E-state index is 13.5. The Bertz CT molecular complexity index is 1860. The fourth-order valence-corrected chi connectivity index (χ4v) is 7.68. The fourth-order valence-electron chi connectivity index (χ4n) is 5.05. The third-order valence-electron chi connectivity index (χ3n) is 7.41. The Balaban J connectivity index is 1.28. The molecule has 0 saturated carbocycles. The van der Waals surface area contributed by atoms with Crippen LogP contribution in [0.15, 0.2) is 83.4 Å². The topological polar surface area (TPSA) is 114 Å². The molecule has 0 fully saturated rings. The van der Waals surface area contributed by atoms with Gasteiger partial charge in [-0.3, -0.25) is 14.4 Å². The highest BCUT2D eigenvalue weighted by atomic mass is 35.5. The maximum atomic E-state index is 13.5. The Morgan fingerprint density at radius 3 is 2.53 bits per heavy atom. The largest absolute Gasteiger partial charge is 0.465 e. The third-order valence-corrected chi connectivity index (χ3v) is 10.1. The Labute approximate surface area is 290 Å². The van der Waals surface area contributed by atoms with Crippen LogP contribution in [0.1, 0.15) is 50.1 Å². The molecular weight excluding hydrogens is 677 g/mol. The minimum absolute atomic E-state index is 0.0324. The summed E-state index contributed by atoms with van der Waals surface area (Å²) in [5.74, 6) is -1.18. The summed E-state index contributed by atoms with van der Waals surface area (Å²) in [5.41, 5.74) is 2.71. The highest BCUT2D eigenvalue weighted by Crippen LogP contribution is 2.40. The Hall–Kier alpha value is -4.09. The van der Waals surface area contributed by atoms with Gasteiger partial charge in [0.05, 0.1) is 18.4 Å². The second kappa shape index (κ2) is 15.7. The number of halogens is 2. The lowest BCUT2D eigenvalue weighted by Crippen LogP contribution is -2.30. The molecule has 8 nitrogen and oxygen atoms in total. The number of hydrogen-bond donors (Lipinski definition) is 3. The van der Waals surface area contributed by atoms with E-state index in [9.17, 15) is 19.2 Å². The van der Waals surface area contributed by atoms with Crippen LogP contribution in [0.4, 0.5) is 10.7 Å². The van der Waals surface area contributed by atoms with E-state index in [-0.39, 0.29) is 17.4 Å². The summed E-state index contributed by atoms with van der Waals surface area (Å²) in [4.78, 5) is 53.9. The molecule has 1 aromatic heterocycles. The molecular formula is C35H31Cl2N3O5S2. The van der Waals surface area contributed by atoms with Gasteiger partial charge in [0.1, 0.15) is 10.7 Å². The number of hydrogen-bond acceptors (Lipinski definition) is 7. The molecule has 0 spiro atoms. The number of nitrogens with one attached hydrogen (secondary N) is 3. The lowest BCUT2D eigenvalue weighted by atomic mass is 9.88. The molecule has 1 unspecified atom stereocenters. The van der Waals surface area contributed by atoms with E-state index in [1.165, 1.54) is 36.3 Å². The minimum atomic E-state index is -0.577. The summed E-state index contributed by atoms with van der Waals surface area (Å²) in [5, 5.41) is 9.68. The van der Waals surface area contributed by atoms with Crippen molar-refractivity contribution in [3.8, 4) is 0 Å². The van der Waals surface area contributed by atoms with Crippen molar-refractivity contribution in [3.05, 3.63) is 116 Å². The molecule has 0 aliphatic heterocycles. The van der Waals surface area contributed by atoms with Gasteiger partial charge in [0, 0.05) is 31.1 Å². The normalized spacial score (nSPS) is 14.1. The average molecular weight is 709 g/mol. The van der Waals surface area contributed by atoms with Crippen molar-refractivity contribution in [1.29, 1.82) is 0 Å². The van der Waals surface area contributed by atoms with Crippen LogP contribution in [-0.2, 0) is 27.2 Å². The summed E-state index contributed by atoms with van der Waals surface area (Å²) in [6.07, 6.45) is 4.10. The van der Waals surface area contributed by atoms with Gasteiger partial charge in [-0.25, -0.2) is 4.79 Å². The lowest BCUT2D eigenvalue weighted by Gasteiger charge is -2.18. The van der Waals surface area contributed by atoms with Crippen molar-refractivity contribution >= 4 is 86.8 Å². The summed E-state index contributed by atoms with van der Waals surface area (Å²) in [7, 11) is 1.34. The predicted molar refractivity (Wildman–Crippen MR) is 190 cm³/mol. The number of thiophene rings is 1. The number of amides is 3. The molecule has 47 heavy (non-hydrogen) atoms. The molecule has 0 saturated heterocycles. The molecule has 1 atom stereocenters. The Morgan fingerprint density at radius 2 is 1.79 bits per heavy atom. The van der Waals surface area contributed by atoms with Crippen LogP contribution in [0.3, 0.4) is 0 Å². The van der Waals surface area contributed by atoms with E-state index in [0.29, 0.717) is 43.3 Å². The Kier molecular flexibility index (Phi) is 11.4. The summed E-state index contributed by atoms with van der Waals surface area (Å²) in [6, 6.07) is 20.3. The van der Waals surface area contributed by atoms with E-state index in [4.69, 9.17) is 27.9 Å². The minimum Gasteiger partial charge on any atom is -0.465 e. The smallest absolute Gasteiger partial charge is 0.341 e. The van der Waals surface area contributed by atoms with Crippen molar-refractivity contribution in [3.63, 3.8) is 0 Å². The summed E-state index contributed by atoms with van der Waals surface area (Å²) < 4.78 is 5.03. The van der Waals surface area contributed by atoms with Crippen LogP contribution < -0.4 is 16.0 Å². The molecule has 1 aliphatic carbocycles. The van der Waals surface area contributed by atoms with Crippen LogP contribution >= 0.6 is 46.3 Å². The molecule has 0 radical (unpaired) electrons. The first-order valence-electron chi connectivity index (χ1n) is 14.7. The third kappa shape index (κ3) is 8.84. The van der Waals surface area contributed by atoms with Gasteiger partial charge in [-0.15, -0.1) is 23.1 Å². The first kappa shape index (κ1) is 34.3. The molecule has 4 aromatic rings. The number of benzene rings is 3. The van der Waals surface area contributed by atoms with Gasteiger partial charge in [-0.1, -0.05) is 60.5 Å². The zero-order valence-electron chi connectivity index (χ0n) is 25.5. The van der Waals surface area contributed by atoms with E-state index in [0.717, 1.165) is 34.6 Å². The molecule has 1 heterocycles. The quantitative estimate of drug-likeness (QED) is 0.0872. The van der Waals surface area contributed by atoms with E-state index in [1.54, 1.807) is 66.7 Å². The van der Waals surface area contributed by atoms with Gasteiger partial charge in [0.25, 0.3) is 11.8 Å². The maximum Gasteiger partial charge on any atom is 0.341 e. The van der Waals surface area contributed by atoms with Crippen molar-refractivity contribution in [2.45, 2.75) is 31.1 Å². The van der Waals surface area contributed by atoms with Gasteiger partial charge in [-0.05, 0) is 84.8 Å². The van der Waals surface area contributed by atoms with Crippen LogP contribution in [0.5, 0.6) is 0 Å². The van der Waals surface area contributed by atoms with E-state index >= 15 is 0 Å². The molecule has 0 bridgehead atoms. The first-order valence-corrected chi connectivity index (χ1v) is 17.3. The van der Waals surface area contributed by atoms with Crippen LogP contribution in [0, 0.1) is 5.92 Å². The van der Waals surface area contributed by atoms with Gasteiger partial charge in [0.15, 0.2) is 0 Å². The van der Waals surface area contributed by atoms with E-state index in [2.05, 4.69) is 22.9 Å². The number of fused-ring (bicyclic) bond motifs is 1. The number of thioether (sulfide) groups is 1. The van der Waals surface area contributed by atoms with Crippen LogP contribution in [0.25, 0.3) is 6.08 Å². The average Bonchev–Trinajstić information content (AvgIpc) is 3.41. The molecule has 1 aliphatic rings. The number of rotatable bonds is 10. The van der Waals surface area contributed by atoms with Gasteiger partial charge >= 0.3 is 5.97 Å². The van der Waals surface area contributed by atoms with Crippen molar-refractivity contribution < 1.29 is 23.9 Å². The highest BCUT2D eigenvalue weighted by Gasteiger charge is 2.29. The highest BCUT2D eigenvalue weighted by molar-refractivity contribution is 8.00. The van der Waals surface area contributed by atoms with Crippen molar-refractivity contribution in [2.24, 2.45) is 5.92 Å². The number of ether oxygens (including phenoxy) is 1. The summed E-state index contributed by atoms with van der Waals surface area (Å²) in [6.45, 7) is 2.18. The molecule has 242 valence electrons. The van der Waals surface area contributed by atoms with Crippen LogP contribution in [-0.4, -0.2) is 36.6 Å². The van der Waals surface area contributed by atoms with Gasteiger partial charge in [-0.2, -0.15) is 0 Å². The standard InChI is InChI=1S/C35H31Cl2N3O5S2/c1-20-11-14-26-29(15-20)47-34(31(26)35(44)45-2)40-30(41)19-46-25-10-6-9-24(18-25)38-33(43)28(16-22-12-13-23(36)17-27(22)37)39-32(42)21-7-4-3-5-8-21/h3-10,12-13,16-18,20H,11,14-15,19H2,1-2H3,(H,38,43)(H,39,42)(H,40,41)/b28-16+. The predicted octanol–water partition coefficient (Wildman–Crippen LogP) is 8.11. The van der Waals surface area contributed by atoms with Crippen molar-refractivity contribution in [1.82, 2.24) is 5.32 Å². The number of carbonyl (C=O) groups is 4. The molecule has 3 amide bonds. The number of methoxy groups -OCH3 is 1. The SMILES string of the molecule is COC(=O)c1c(NC(=O)CSc2cccc(NC(=O)/C(=C\c3ccc(Cl)cc3Cl)NC(=O)c3ccccc3)c2)sc2c1CCC(C)C2. The zero-order valence-corrected chi connectivity index (χ0v) is 28.7. The van der Waals surface area contributed by atoms with Crippen LogP contribution in [0.2, 0.25) is 10.0 Å².